The van der Waals surface area contributed by atoms with Crippen LogP contribution in [0.25, 0.3) is 0 Å². The van der Waals surface area contributed by atoms with Gasteiger partial charge in [-0.25, -0.2) is 4.39 Å². The highest BCUT2D eigenvalue weighted by Gasteiger charge is 2.09. The van der Waals surface area contributed by atoms with Crippen LogP contribution in [0.2, 0.25) is 0 Å². The zero-order valence-electron chi connectivity index (χ0n) is 10.8. The fraction of sp³-hybridized carbons (Fsp3) is 0.231. The molecule has 19 heavy (non-hydrogen) atoms. The third-order valence-corrected chi connectivity index (χ3v) is 2.68. The second kappa shape index (κ2) is 5.09. The lowest BCUT2D eigenvalue weighted by Crippen LogP contribution is -2.20. The van der Waals surface area contributed by atoms with Crippen molar-refractivity contribution in [2.75, 3.05) is 11.1 Å². The molecule has 0 saturated heterocycles. The van der Waals surface area contributed by atoms with Crippen molar-refractivity contribution in [3.8, 4) is 0 Å². The zero-order chi connectivity index (χ0) is 14.0. The van der Waals surface area contributed by atoms with Gasteiger partial charge in [0.05, 0.1) is 17.1 Å². The maximum atomic E-state index is 12.9. The molecule has 2 rings (SSSR count). The number of carbonyl (C=O) groups is 1. The molecule has 1 aromatic carbocycles. The van der Waals surface area contributed by atoms with Crippen LogP contribution in [0.3, 0.4) is 0 Å². The van der Waals surface area contributed by atoms with Crippen LogP contribution < -0.4 is 11.1 Å². The summed E-state index contributed by atoms with van der Waals surface area (Å²) in [5.74, 6) is -0.696. The van der Waals surface area contributed by atoms with Gasteiger partial charge in [0, 0.05) is 5.69 Å². The van der Waals surface area contributed by atoms with E-state index in [0.717, 1.165) is 11.4 Å². The standard InChI is InChI=1S/C13H15FN4O/c1-8-5-9(2)18(17-8)7-13(19)16-12-4-3-10(14)6-11(12)15/h3-6H,7,15H2,1-2H3,(H,16,19). The number of aryl methyl sites for hydroxylation is 2. The molecular formula is C13H15FN4O. The fourth-order valence-corrected chi connectivity index (χ4v) is 1.81. The number of nitrogens with zero attached hydrogens (tertiary/aromatic N) is 2. The average Bonchev–Trinajstić information content (AvgIpc) is 2.61. The number of anilines is 2. The largest absolute Gasteiger partial charge is 0.397 e. The number of hydrogen-bond donors (Lipinski definition) is 2. The number of halogens is 1. The Labute approximate surface area is 110 Å². The first-order chi connectivity index (χ1) is 8.95. The maximum absolute atomic E-state index is 12.9. The van der Waals surface area contributed by atoms with Gasteiger partial charge in [-0.2, -0.15) is 5.10 Å². The monoisotopic (exact) mass is 262 g/mol. The van der Waals surface area contributed by atoms with Gasteiger partial charge in [-0.05, 0) is 38.1 Å². The van der Waals surface area contributed by atoms with Gasteiger partial charge in [-0.1, -0.05) is 0 Å². The van der Waals surface area contributed by atoms with Crippen LogP contribution in [0.4, 0.5) is 15.8 Å². The molecule has 1 amide bonds. The maximum Gasteiger partial charge on any atom is 0.246 e. The molecular weight excluding hydrogens is 247 g/mol. The first-order valence-corrected chi connectivity index (χ1v) is 5.81. The zero-order valence-corrected chi connectivity index (χ0v) is 10.8. The number of amides is 1. The summed E-state index contributed by atoms with van der Waals surface area (Å²) in [4.78, 5) is 11.9. The molecule has 100 valence electrons. The molecule has 1 heterocycles. The van der Waals surface area contributed by atoms with Crippen molar-refractivity contribution in [3.05, 3.63) is 41.5 Å². The number of nitrogens with two attached hydrogens (primary N) is 1. The Bertz CT molecular complexity index is 621. The molecule has 0 spiro atoms. The Balaban J connectivity index is 2.07. The minimum Gasteiger partial charge on any atom is -0.397 e. The summed E-state index contributed by atoms with van der Waals surface area (Å²) in [5, 5.41) is 6.82. The summed E-state index contributed by atoms with van der Waals surface area (Å²) in [5.41, 5.74) is 7.97. The second-order valence-electron chi connectivity index (χ2n) is 4.36. The van der Waals surface area contributed by atoms with Crippen LogP contribution in [-0.4, -0.2) is 15.7 Å². The van der Waals surface area contributed by atoms with Crippen molar-refractivity contribution >= 4 is 17.3 Å². The molecule has 0 aliphatic carbocycles. The normalized spacial score (nSPS) is 10.5. The minimum atomic E-state index is -0.436. The Morgan fingerprint density at radius 1 is 1.42 bits per heavy atom. The van der Waals surface area contributed by atoms with Crippen LogP contribution in [0.15, 0.2) is 24.3 Å². The first kappa shape index (κ1) is 13.1. The Kier molecular flexibility index (Phi) is 3.50. The number of carbonyl (C=O) groups excluding carboxylic acids is 1. The lowest BCUT2D eigenvalue weighted by Gasteiger charge is -2.09. The van der Waals surface area contributed by atoms with E-state index in [-0.39, 0.29) is 18.1 Å². The van der Waals surface area contributed by atoms with Crippen molar-refractivity contribution in [3.63, 3.8) is 0 Å². The molecule has 6 heteroatoms. The Morgan fingerprint density at radius 3 is 2.74 bits per heavy atom. The van der Waals surface area contributed by atoms with Crippen molar-refractivity contribution in [2.24, 2.45) is 0 Å². The summed E-state index contributed by atoms with van der Waals surface area (Å²) < 4.78 is 14.5. The summed E-state index contributed by atoms with van der Waals surface area (Å²) in [6.07, 6.45) is 0. The van der Waals surface area contributed by atoms with Crippen LogP contribution >= 0.6 is 0 Å². The van der Waals surface area contributed by atoms with E-state index in [1.807, 2.05) is 19.9 Å². The lowest BCUT2D eigenvalue weighted by atomic mass is 10.2. The summed E-state index contributed by atoms with van der Waals surface area (Å²) in [6, 6.07) is 5.73. The molecule has 0 atom stereocenters. The van der Waals surface area contributed by atoms with Gasteiger partial charge in [-0.3, -0.25) is 9.48 Å². The minimum absolute atomic E-state index is 0.0937. The number of rotatable bonds is 3. The van der Waals surface area contributed by atoms with Gasteiger partial charge >= 0.3 is 0 Å². The first-order valence-electron chi connectivity index (χ1n) is 5.81. The Hall–Kier alpha value is -2.37. The van der Waals surface area contributed by atoms with Crippen molar-refractivity contribution < 1.29 is 9.18 Å². The third-order valence-electron chi connectivity index (χ3n) is 2.68. The smallest absolute Gasteiger partial charge is 0.246 e. The summed E-state index contributed by atoms with van der Waals surface area (Å²) in [7, 11) is 0. The molecule has 0 saturated carbocycles. The predicted octanol–water partition coefficient (Wildman–Crippen LogP) is 1.86. The molecule has 5 nitrogen and oxygen atoms in total. The fourth-order valence-electron chi connectivity index (χ4n) is 1.81. The topological polar surface area (TPSA) is 72.9 Å². The van der Waals surface area contributed by atoms with Crippen molar-refractivity contribution in [2.45, 2.75) is 20.4 Å². The van der Waals surface area contributed by atoms with Crippen LogP contribution in [0.5, 0.6) is 0 Å². The molecule has 0 aliphatic heterocycles. The van der Waals surface area contributed by atoms with Gasteiger partial charge in [0.1, 0.15) is 12.4 Å². The molecule has 0 unspecified atom stereocenters. The number of nitrogens with one attached hydrogen (secondary N) is 1. The molecule has 2 aromatic rings. The highest BCUT2D eigenvalue weighted by atomic mass is 19.1. The van der Waals surface area contributed by atoms with E-state index in [4.69, 9.17) is 5.73 Å². The second-order valence-corrected chi connectivity index (χ2v) is 4.36. The van der Waals surface area contributed by atoms with Gasteiger partial charge in [0.15, 0.2) is 0 Å². The van der Waals surface area contributed by atoms with Gasteiger partial charge < -0.3 is 11.1 Å². The van der Waals surface area contributed by atoms with E-state index < -0.39 is 5.82 Å². The molecule has 1 aromatic heterocycles. The molecule has 0 radical (unpaired) electrons. The summed E-state index contributed by atoms with van der Waals surface area (Å²) in [6.45, 7) is 3.83. The summed E-state index contributed by atoms with van der Waals surface area (Å²) >= 11 is 0. The quantitative estimate of drug-likeness (QED) is 0.829. The number of aromatic nitrogens is 2. The van der Waals surface area contributed by atoms with E-state index in [2.05, 4.69) is 10.4 Å². The van der Waals surface area contributed by atoms with Gasteiger partial charge in [-0.15, -0.1) is 0 Å². The van der Waals surface area contributed by atoms with Crippen molar-refractivity contribution in [1.29, 1.82) is 0 Å². The molecule has 3 N–H and O–H groups in total. The van der Waals surface area contributed by atoms with Crippen LogP contribution in [-0.2, 0) is 11.3 Å². The highest BCUT2D eigenvalue weighted by molar-refractivity contribution is 5.93. The highest BCUT2D eigenvalue weighted by Crippen LogP contribution is 2.19. The SMILES string of the molecule is Cc1cc(C)n(CC(=O)Nc2ccc(F)cc2N)n1. The van der Waals surface area contributed by atoms with Gasteiger partial charge in [0.2, 0.25) is 5.91 Å². The van der Waals surface area contributed by atoms with E-state index in [9.17, 15) is 9.18 Å². The lowest BCUT2D eigenvalue weighted by molar-refractivity contribution is -0.116. The number of benzene rings is 1. The van der Waals surface area contributed by atoms with Crippen LogP contribution in [0.1, 0.15) is 11.4 Å². The molecule has 0 fully saturated rings. The van der Waals surface area contributed by atoms with Crippen molar-refractivity contribution in [1.82, 2.24) is 9.78 Å². The third kappa shape index (κ3) is 3.09. The van der Waals surface area contributed by atoms with Crippen LogP contribution in [0, 0.1) is 19.7 Å². The predicted molar refractivity (Wildman–Crippen MR) is 71.1 cm³/mol. The van der Waals surface area contributed by atoms with E-state index in [1.54, 1.807) is 4.68 Å². The van der Waals surface area contributed by atoms with Gasteiger partial charge in [0.25, 0.3) is 0 Å². The number of nitrogen functional groups attached to an aromatic ring is 1. The number of hydrogen-bond acceptors (Lipinski definition) is 3. The molecule has 0 aliphatic rings. The van der Waals surface area contributed by atoms with E-state index >= 15 is 0 Å². The Morgan fingerprint density at radius 2 is 2.16 bits per heavy atom. The molecule has 0 bridgehead atoms. The average molecular weight is 262 g/mol. The van der Waals surface area contributed by atoms with E-state index in [1.165, 1.54) is 18.2 Å². The van der Waals surface area contributed by atoms with E-state index in [0.29, 0.717) is 5.69 Å².